The number of methoxy groups -OCH3 is 1. The molecular weight excluding hydrogens is 202 g/mol. The number of pyridine rings is 1. The fourth-order valence-corrected chi connectivity index (χ4v) is 1.98. The van der Waals surface area contributed by atoms with Gasteiger partial charge in [0.1, 0.15) is 0 Å². The van der Waals surface area contributed by atoms with Gasteiger partial charge in [-0.15, -0.1) is 0 Å². The lowest BCUT2D eigenvalue weighted by atomic mass is 10.2. The van der Waals surface area contributed by atoms with Crippen LogP contribution in [0.3, 0.4) is 0 Å². The van der Waals surface area contributed by atoms with E-state index in [2.05, 4.69) is 27.3 Å². The molecule has 4 nitrogen and oxygen atoms in total. The summed E-state index contributed by atoms with van der Waals surface area (Å²) >= 11 is 0. The fraction of sp³-hybridized carbons (Fsp3) is 0.583. The summed E-state index contributed by atoms with van der Waals surface area (Å²) in [5, 5.41) is 3.36. The molecule has 1 aromatic heterocycles. The molecule has 0 unspecified atom stereocenters. The lowest BCUT2D eigenvalue weighted by molar-refractivity contribution is 0.181. The van der Waals surface area contributed by atoms with Crippen LogP contribution in [0.2, 0.25) is 0 Å². The van der Waals surface area contributed by atoms with Gasteiger partial charge in [-0.1, -0.05) is 0 Å². The molecule has 1 N–H and O–H groups in total. The average molecular weight is 221 g/mol. The van der Waals surface area contributed by atoms with Crippen molar-refractivity contribution in [2.45, 2.75) is 13.2 Å². The number of hydrogen-bond donors (Lipinski definition) is 1. The smallest absolute Gasteiger partial charge is 0.0884 e. The van der Waals surface area contributed by atoms with Gasteiger partial charge in [0.25, 0.3) is 0 Å². The first kappa shape index (κ1) is 11.5. The highest BCUT2D eigenvalue weighted by atomic mass is 16.5. The van der Waals surface area contributed by atoms with Crippen molar-refractivity contribution in [3.05, 3.63) is 29.6 Å². The minimum Gasteiger partial charge on any atom is -0.378 e. The van der Waals surface area contributed by atoms with E-state index in [0.717, 1.165) is 38.4 Å². The molecule has 2 rings (SSSR count). The maximum Gasteiger partial charge on any atom is 0.0884 e. The van der Waals surface area contributed by atoms with E-state index in [9.17, 15) is 0 Å². The van der Waals surface area contributed by atoms with Gasteiger partial charge >= 0.3 is 0 Å². The first-order chi connectivity index (χ1) is 7.88. The van der Waals surface area contributed by atoms with Crippen molar-refractivity contribution in [3.63, 3.8) is 0 Å². The lowest BCUT2D eigenvalue weighted by Gasteiger charge is -2.27. The molecule has 4 heteroatoms. The summed E-state index contributed by atoms with van der Waals surface area (Å²) in [7, 11) is 1.70. The van der Waals surface area contributed by atoms with Crippen LogP contribution in [0.4, 0.5) is 0 Å². The highest BCUT2D eigenvalue weighted by molar-refractivity contribution is 5.16. The quantitative estimate of drug-likeness (QED) is 0.809. The average Bonchev–Trinajstić information content (AvgIpc) is 2.31. The molecule has 88 valence electrons. The van der Waals surface area contributed by atoms with Crippen molar-refractivity contribution >= 4 is 0 Å². The van der Waals surface area contributed by atoms with Gasteiger partial charge in [-0.3, -0.25) is 9.88 Å². The van der Waals surface area contributed by atoms with Crippen molar-refractivity contribution in [3.8, 4) is 0 Å². The molecule has 1 fully saturated rings. The standard InChI is InChI=1S/C12H19N3O/c1-16-10-12-8-11(2-3-14-12)9-15-6-4-13-5-7-15/h2-3,8,13H,4-7,9-10H2,1H3. The molecule has 0 bridgehead atoms. The highest BCUT2D eigenvalue weighted by Gasteiger charge is 2.09. The van der Waals surface area contributed by atoms with Crippen LogP contribution in [-0.4, -0.2) is 43.2 Å². The van der Waals surface area contributed by atoms with Gasteiger partial charge in [-0.25, -0.2) is 0 Å². The van der Waals surface area contributed by atoms with E-state index in [1.54, 1.807) is 7.11 Å². The SMILES string of the molecule is COCc1cc(CN2CCNCC2)ccn1. The van der Waals surface area contributed by atoms with Crippen LogP contribution in [0.25, 0.3) is 0 Å². The second kappa shape index (κ2) is 5.94. The summed E-state index contributed by atoms with van der Waals surface area (Å²) in [4.78, 5) is 6.73. The zero-order valence-corrected chi connectivity index (χ0v) is 9.78. The maximum absolute atomic E-state index is 5.09. The number of hydrogen-bond acceptors (Lipinski definition) is 4. The summed E-state index contributed by atoms with van der Waals surface area (Å²) in [6, 6.07) is 4.22. The predicted octanol–water partition coefficient (Wildman–Crippen LogP) is 0.633. The van der Waals surface area contributed by atoms with Crippen molar-refractivity contribution in [2.24, 2.45) is 0 Å². The van der Waals surface area contributed by atoms with Crippen molar-refractivity contribution in [1.29, 1.82) is 0 Å². The van der Waals surface area contributed by atoms with Crippen LogP contribution in [0, 0.1) is 0 Å². The Kier molecular flexibility index (Phi) is 4.27. The zero-order chi connectivity index (χ0) is 11.2. The Morgan fingerprint density at radius 1 is 1.44 bits per heavy atom. The third kappa shape index (κ3) is 3.27. The molecule has 1 saturated heterocycles. The van der Waals surface area contributed by atoms with E-state index in [0.29, 0.717) is 6.61 Å². The molecular formula is C12H19N3O. The first-order valence-corrected chi connectivity index (χ1v) is 5.74. The Labute approximate surface area is 96.6 Å². The zero-order valence-electron chi connectivity index (χ0n) is 9.78. The Morgan fingerprint density at radius 2 is 2.25 bits per heavy atom. The third-order valence-corrected chi connectivity index (χ3v) is 2.79. The molecule has 0 amide bonds. The van der Waals surface area contributed by atoms with Crippen LogP contribution < -0.4 is 5.32 Å². The summed E-state index contributed by atoms with van der Waals surface area (Å²) in [6.07, 6.45) is 1.87. The van der Waals surface area contributed by atoms with Gasteiger partial charge in [0.15, 0.2) is 0 Å². The summed E-state index contributed by atoms with van der Waals surface area (Å²) in [5.74, 6) is 0. The molecule has 0 radical (unpaired) electrons. The van der Waals surface area contributed by atoms with Gasteiger partial charge in [0.05, 0.1) is 12.3 Å². The van der Waals surface area contributed by atoms with Gasteiger partial charge in [0.2, 0.25) is 0 Å². The number of ether oxygens (including phenoxy) is 1. The Balaban J connectivity index is 1.94. The van der Waals surface area contributed by atoms with E-state index in [4.69, 9.17) is 4.74 Å². The molecule has 0 aliphatic carbocycles. The molecule has 2 heterocycles. The van der Waals surface area contributed by atoms with E-state index < -0.39 is 0 Å². The Morgan fingerprint density at radius 3 is 3.00 bits per heavy atom. The third-order valence-electron chi connectivity index (χ3n) is 2.79. The largest absolute Gasteiger partial charge is 0.378 e. The first-order valence-electron chi connectivity index (χ1n) is 5.74. The van der Waals surface area contributed by atoms with Crippen LogP contribution in [0.15, 0.2) is 18.3 Å². The second-order valence-corrected chi connectivity index (χ2v) is 4.11. The topological polar surface area (TPSA) is 37.4 Å². The lowest BCUT2D eigenvalue weighted by Crippen LogP contribution is -2.42. The molecule has 1 aliphatic rings. The van der Waals surface area contributed by atoms with Crippen molar-refractivity contribution < 1.29 is 4.74 Å². The number of piperazine rings is 1. The normalized spacial score (nSPS) is 17.6. The molecule has 0 saturated carbocycles. The minimum atomic E-state index is 0.593. The van der Waals surface area contributed by atoms with Crippen LogP contribution in [-0.2, 0) is 17.9 Å². The molecule has 0 aromatic carbocycles. The van der Waals surface area contributed by atoms with Gasteiger partial charge in [-0.2, -0.15) is 0 Å². The number of nitrogens with zero attached hydrogens (tertiary/aromatic N) is 2. The predicted molar refractivity (Wildman–Crippen MR) is 63.1 cm³/mol. The summed E-state index contributed by atoms with van der Waals surface area (Å²) in [5.41, 5.74) is 2.33. The molecule has 1 aromatic rings. The Hall–Kier alpha value is -0.970. The van der Waals surface area contributed by atoms with Crippen molar-refractivity contribution in [1.82, 2.24) is 15.2 Å². The molecule has 1 aliphatic heterocycles. The van der Waals surface area contributed by atoms with Crippen LogP contribution >= 0.6 is 0 Å². The van der Waals surface area contributed by atoms with Gasteiger partial charge < -0.3 is 10.1 Å². The summed E-state index contributed by atoms with van der Waals surface area (Å²) < 4.78 is 5.09. The molecule has 0 atom stereocenters. The van der Waals surface area contributed by atoms with E-state index in [-0.39, 0.29) is 0 Å². The Bertz CT molecular complexity index is 324. The monoisotopic (exact) mass is 221 g/mol. The van der Waals surface area contributed by atoms with E-state index >= 15 is 0 Å². The number of aromatic nitrogens is 1. The molecule has 0 spiro atoms. The number of nitrogens with one attached hydrogen (secondary N) is 1. The van der Waals surface area contributed by atoms with Gasteiger partial charge in [0, 0.05) is 46.0 Å². The summed E-state index contributed by atoms with van der Waals surface area (Å²) in [6.45, 7) is 6.05. The highest BCUT2D eigenvalue weighted by Crippen LogP contribution is 2.07. The number of rotatable bonds is 4. The maximum atomic E-state index is 5.09. The van der Waals surface area contributed by atoms with Crippen molar-refractivity contribution in [2.75, 3.05) is 33.3 Å². The second-order valence-electron chi connectivity index (χ2n) is 4.11. The molecule has 16 heavy (non-hydrogen) atoms. The fourth-order valence-electron chi connectivity index (χ4n) is 1.98. The van der Waals surface area contributed by atoms with E-state index in [1.165, 1.54) is 5.56 Å². The van der Waals surface area contributed by atoms with E-state index in [1.807, 2.05) is 6.20 Å². The van der Waals surface area contributed by atoms with Crippen LogP contribution in [0.5, 0.6) is 0 Å². The van der Waals surface area contributed by atoms with Crippen LogP contribution in [0.1, 0.15) is 11.3 Å². The van der Waals surface area contributed by atoms with Gasteiger partial charge in [-0.05, 0) is 17.7 Å². The minimum absolute atomic E-state index is 0.593.